The molecule has 0 atom stereocenters. The van der Waals surface area contributed by atoms with Gasteiger partial charge in [0.1, 0.15) is 0 Å². The number of halogens is 1. The second-order valence-electron chi connectivity index (χ2n) is 8.98. The van der Waals surface area contributed by atoms with Crippen LogP contribution in [-0.4, -0.2) is 32.2 Å². The second-order valence-corrected chi connectivity index (χ2v) is 11.3. The van der Waals surface area contributed by atoms with Crippen LogP contribution in [0.4, 0.5) is 11.4 Å². The van der Waals surface area contributed by atoms with Gasteiger partial charge >= 0.3 is 0 Å². The van der Waals surface area contributed by atoms with Gasteiger partial charge in [0.2, 0.25) is 10.0 Å². The lowest BCUT2D eigenvalue weighted by Crippen LogP contribution is -2.29. The van der Waals surface area contributed by atoms with E-state index in [1.807, 2.05) is 12.1 Å². The molecule has 4 aromatic carbocycles. The molecule has 4 aromatic rings. The normalized spacial score (nSPS) is 11.5. The summed E-state index contributed by atoms with van der Waals surface area (Å²) in [6.45, 7) is 1.86. The second kappa shape index (κ2) is 12.6. The number of nitrogens with zero attached hydrogens (tertiary/aromatic N) is 2. The summed E-state index contributed by atoms with van der Waals surface area (Å²) in [4.78, 5) is 25.2. The first-order chi connectivity index (χ1) is 19.1. The molecule has 8 nitrogen and oxygen atoms in total. The predicted molar refractivity (Wildman–Crippen MR) is 159 cm³/mol. The maximum Gasteiger partial charge on any atom is 0.271 e. The van der Waals surface area contributed by atoms with Crippen molar-refractivity contribution in [1.82, 2.24) is 5.43 Å². The molecule has 204 valence electrons. The molecule has 0 saturated carbocycles. The molecule has 0 bridgehead atoms. The van der Waals surface area contributed by atoms with Gasteiger partial charge in [0.05, 0.1) is 24.2 Å². The zero-order valence-corrected chi connectivity index (χ0v) is 23.4. The molecule has 2 N–H and O–H groups in total. The maximum absolute atomic E-state index is 12.7. The van der Waals surface area contributed by atoms with Crippen molar-refractivity contribution in [1.29, 1.82) is 0 Å². The van der Waals surface area contributed by atoms with Crippen LogP contribution in [0.3, 0.4) is 0 Å². The van der Waals surface area contributed by atoms with Crippen LogP contribution < -0.4 is 15.0 Å². The molecule has 0 aromatic heterocycles. The summed E-state index contributed by atoms with van der Waals surface area (Å²) < 4.78 is 26.2. The minimum absolute atomic E-state index is 0.121. The summed E-state index contributed by atoms with van der Waals surface area (Å²) in [5, 5.41) is 7.61. The number of carbonyl (C=O) groups is 2. The molecule has 0 fully saturated rings. The highest BCUT2D eigenvalue weighted by Gasteiger charge is 2.18. The number of hydrogen-bond donors (Lipinski definition) is 2. The summed E-state index contributed by atoms with van der Waals surface area (Å²) in [6.07, 6.45) is 1.13. The fourth-order valence-electron chi connectivity index (χ4n) is 3.81. The SMILES string of the molecule is C/C(=N/NC(=O)c1ccc(N(Cc2ccc(Cl)cc2)S(C)(=O)=O)cc1)c1cccc(NC(=O)c2ccccc2)c1. The Labute approximate surface area is 238 Å². The summed E-state index contributed by atoms with van der Waals surface area (Å²) in [5.74, 6) is -0.685. The van der Waals surface area contributed by atoms with Crippen molar-refractivity contribution in [3.05, 3.63) is 130 Å². The molecule has 0 saturated heterocycles. The number of amides is 2. The third-order valence-electron chi connectivity index (χ3n) is 5.96. The van der Waals surface area contributed by atoms with Crippen molar-refractivity contribution in [2.45, 2.75) is 13.5 Å². The van der Waals surface area contributed by atoms with Crippen LogP contribution in [0.5, 0.6) is 0 Å². The fraction of sp³-hybridized carbons (Fsp3) is 0.100. The Morgan fingerprint density at radius 2 is 1.43 bits per heavy atom. The van der Waals surface area contributed by atoms with E-state index in [1.54, 1.807) is 85.8 Å². The average Bonchev–Trinajstić information content (AvgIpc) is 2.95. The molecule has 10 heteroatoms. The van der Waals surface area contributed by atoms with Crippen LogP contribution in [0, 0.1) is 0 Å². The zero-order valence-electron chi connectivity index (χ0n) is 21.8. The Bertz CT molecular complexity index is 1640. The zero-order chi connectivity index (χ0) is 28.7. The summed E-state index contributed by atoms with van der Waals surface area (Å²) in [7, 11) is -3.59. The summed E-state index contributed by atoms with van der Waals surface area (Å²) in [6, 6.07) is 29.2. The molecule has 0 unspecified atom stereocenters. The van der Waals surface area contributed by atoms with Crippen molar-refractivity contribution in [2.24, 2.45) is 5.10 Å². The van der Waals surface area contributed by atoms with Crippen LogP contribution in [-0.2, 0) is 16.6 Å². The van der Waals surface area contributed by atoms with E-state index >= 15 is 0 Å². The quantitative estimate of drug-likeness (QED) is 0.197. The van der Waals surface area contributed by atoms with Gasteiger partial charge in [0.15, 0.2) is 0 Å². The molecule has 0 aliphatic heterocycles. The standard InChI is InChI=1S/C30H27ClN4O4S/c1-21(25-9-6-10-27(19-25)32-29(36)23-7-4-3-5-8-23)33-34-30(37)24-13-17-28(18-14-24)35(40(2,38)39)20-22-11-15-26(31)16-12-22/h3-19H,20H2,1-2H3,(H,32,36)(H,34,37)/b33-21-. The highest BCUT2D eigenvalue weighted by Crippen LogP contribution is 2.22. The Kier molecular flexibility index (Phi) is 8.98. The van der Waals surface area contributed by atoms with Crippen LogP contribution >= 0.6 is 11.6 Å². The number of sulfonamides is 1. The van der Waals surface area contributed by atoms with Crippen LogP contribution in [0.15, 0.2) is 108 Å². The highest BCUT2D eigenvalue weighted by atomic mass is 35.5. The van der Waals surface area contributed by atoms with Crippen molar-refractivity contribution in [2.75, 3.05) is 15.9 Å². The van der Waals surface area contributed by atoms with E-state index in [2.05, 4.69) is 15.8 Å². The van der Waals surface area contributed by atoms with E-state index in [9.17, 15) is 18.0 Å². The number of hydrazone groups is 1. The van der Waals surface area contributed by atoms with Crippen molar-refractivity contribution >= 4 is 50.5 Å². The summed E-state index contributed by atoms with van der Waals surface area (Å²) >= 11 is 5.93. The van der Waals surface area contributed by atoms with Crippen molar-refractivity contribution < 1.29 is 18.0 Å². The van der Waals surface area contributed by atoms with Gasteiger partial charge in [-0.25, -0.2) is 13.8 Å². The molecule has 0 spiro atoms. The maximum atomic E-state index is 12.7. The lowest BCUT2D eigenvalue weighted by Gasteiger charge is -2.22. The molecule has 0 radical (unpaired) electrons. The fourth-order valence-corrected chi connectivity index (χ4v) is 4.83. The highest BCUT2D eigenvalue weighted by molar-refractivity contribution is 7.92. The number of carbonyl (C=O) groups excluding carboxylic acids is 2. The first-order valence-electron chi connectivity index (χ1n) is 12.2. The summed E-state index contributed by atoms with van der Waals surface area (Å²) in [5.41, 5.74) is 6.41. The number of rotatable bonds is 9. The number of nitrogens with one attached hydrogen (secondary N) is 2. The van der Waals surface area contributed by atoms with Gasteiger partial charge in [-0.05, 0) is 78.7 Å². The first-order valence-corrected chi connectivity index (χ1v) is 14.5. The van der Waals surface area contributed by atoms with E-state index in [-0.39, 0.29) is 12.5 Å². The van der Waals surface area contributed by atoms with E-state index in [4.69, 9.17) is 11.6 Å². The van der Waals surface area contributed by atoms with Gasteiger partial charge in [-0.3, -0.25) is 13.9 Å². The van der Waals surface area contributed by atoms with Gasteiger partial charge in [0, 0.05) is 21.8 Å². The number of hydrogen-bond acceptors (Lipinski definition) is 5. The van der Waals surface area contributed by atoms with E-state index in [0.717, 1.165) is 11.8 Å². The Morgan fingerprint density at radius 3 is 2.08 bits per heavy atom. The van der Waals surface area contributed by atoms with Crippen LogP contribution in [0.1, 0.15) is 38.8 Å². The molecule has 0 heterocycles. The molecule has 0 aliphatic carbocycles. The van der Waals surface area contributed by atoms with E-state index < -0.39 is 15.9 Å². The molecule has 0 aliphatic rings. The monoisotopic (exact) mass is 574 g/mol. The van der Waals surface area contributed by atoms with Gasteiger partial charge < -0.3 is 5.32 Å². The van der Waals surface area contributed by atoms with Crippen LogP contribution in [0.25, 0.3) is 0 Å². The minimum atomic E-state index is -3.59. The van der Waals surface area contributed by atoms with Gasteiger partial charge in [0.25, 0.3) is 11.8 Å². The molecule has 2 amide bonds. The predicted octanol–water partition coefficient (Wildman–Crippen LogP) is 5.71. The van der Waals surface area contributed by atoms with Gasteiger partial charge in [-0.15, -0.1) is 0 Å². The molecule has 40 heavy (non-hydrogen) atoms. The Hall–Kier alpha value is -4.47. The number of benzene rings is 4. The average molecular weight is 575 g/mol. The largest absolute Gasteiger partial charge is 0.322 e. The lowest BCUT2D eigenvalue weighted by atomic mass is 10.1. The molecule has 4 rings (SSSR count). The van der Waals surface area contributed by atoms with Crippen LogP contribution in [0.2, 0.25) is 5.02 Å². The first kappa shape index (κ1) is 28.5. The minimum Gasteiger partial charge on any atom is -0.322 e. The third kappa shape index (κ3) is 7.56. The van der Waals surface area contributed by atoms with Gasteiger partial charge in [-0.1, -0.05) is 54.1 Å². The third-order valence-corrected chi connectivity index (χ3v) is 7.35. The molecular weight excluding hydrogens is 548 g/mol. The van der Waals surface area contributed by atoms with Crippen molar-refractivity contribution in [3.8, 4) is 0 Å². The lowest BCUT2D eigenvalue weighted by molar-refractivity contribution is 0.0954. The smallest absolute Gasteiger partial charge is 0.271 e. The Balaban J connectivity index is 1.42. The van der Waals surface area contributed by atoms with Crippen molar-refractivity contribution in [3.63, 3.8) is 0 Å². The Morgan fingerprint density at radius 1 is 0.800 bits per heavy atom. The topological polar surface area (TPSA) is 108 Å². The van der Waals surface area contributed by atoms with Gasteiger partial charge in [-0.2, -0.15) is 5.10 Å². The van der Waals surface area contributed by atoms with E-state index in [1.165, 1.54) is 16.4 Å². The van der Waals surface area contributed by atoms with E-state index in [0.29, 0.717) is 38.8 Å². The number of anilines is 2. The molecular formula is C30H27ClN4O4S.